The number of aliphatic hydroxyl groups excluding tert-OH is 1. The molecule has 1 heterocycles. The second kappa shape index (κ2) is 12.4. The lowest BCUT2D eigenvalue weighted by atomic mass is 9.96. The second-order valence-electron chi connectivity index (χ2n) is 9.65. The molecule has 1 fully saturated rings. The molecule has 0 spiro atoms. The molecule has 0 radical (unpaired) electrons. The summed E-state index contributed by atoms with van der Waals surface area (Å²) in [6.45, 7) is 6.41. The van der Waals surface area contributed by atoms with Crippen LogP contribution in [0.1, 0.15) is 35.3 Å². The van der Waals surface area contributed by atoms with E-state index in [1.54, 1.807) is 26.1 Å². The molecule has 10 heteroatoms. The summed E-state index contributed by atoms with van der Waals surface area (Å²) < 4.78 is -0.560. The average Bonchev–Trinajstić information content (AvgIpc) is 3.19. The predicted octanol–water partition coefficient (Wildman–Crippen LogP) is 1.42. The van der Waals surface area contributed by atoms with Crippen LogP contribution in [-0.2, 0) is 16.0 Å². The van der Waals surface area contributed by atoms with Gasteiger partial charge in [0.1, 0.15) is 11.8 Å². The number of nitrogens with one attached hydrogen (secondary N) is 3. The molecule has 200 valence electrons. The Balaban J connectivity index is 1.86. The van der Waals surface area contributed by atoms with Crippen LogP contribution < -0.4 is 16.0 Å². The van der Waals surface area contributed by atoms with Gasteiger partial charge in [-0.15, -0.1) is 11.8 Å². The van der Waals surface area contributed by atoms with Gasteiger partial charge in [0.15, 0.2) is 6.10 Å². The molecule has 1 saturated heterocycles. The number of aromatic hydroxyl groups is 1. The van der Waals surface area contributed by atoms with Gasteiger partial charge in [-0.05, 0) is 51.9 Å². The number of hydrogen-bond donors (Lipinski definition) is 5. The SMILES string of the molecule is CNCCNC(=O)[C@H]1N(C(=O)[C@@H](O)[C@H](Cc2ccccc2)NC(=O)c2cccc(O)c2C)CSC1(C)C. The van der Waals surface area contributed by atoms with Crippen LogP contribution in [0.2, 0.25) is 0 Å². The first kappa shape index (κ1) is 28.5. The third kappa shape index (κ3) is 6.82. The largest absolute Gasteiger partial charge is 0.508 e. The summed E-state index contributed by atoms with van der Waals surface area (Å²) in [7, 11) is 1.78. The zero-order valence-electron chi connectivity index (χ0n) is 21.7. The number of nitrogens with zero attached hydrogens (tertiary/aromatic N) is 1. The van der Waals surface area contributed by atoms with E-state index in [1.165, 1.54) is 22.7 Å². The van der Waals surface area contributed by atoms with Crippen LogP contribution in [0.4, 0.5) is 0 Å². The van der Waals surface area contributed by atoms with Gasteiger partial charge < -0.3 is 31.1 Å². The summed E-state index contributed by atoms with van der Waals surface area (Å²) in [4.78, 5) is 41.2. The Hall–Kier alpha value is -3.08. The van der Waals surface area contributed by atoms with Crippen molar-refractivity contribution >= 4 is 29.5 Å². The van der Waals surface area contributed by atoms with Gasteiger partial charge in [-0.3, -0.25) is 14.4 Å². The molecule has 0 unspecified atom stereocenters. The number of benzene rings is 2. The lowest BCUT2D eigenvalue weighted by Gasteiger charge is -2.33. The Morgan fingerprint density at radius 3 is 2.49 bits per heavy atom. The lowest BCUT2D eigenvalue weighted by Crippen LogP contribution is -2.59. The Kier molecular flexibility index (Phi) is 9.58. The van der Waals surface area contributed by atoms with Gasteiger partial charge in [-0.1, -0.05) is 36.4 Å². The van der Waals surface area contributed by atoms with Crippen molar-refractivity contribution in [1.29, 1.82) is 0 Å². The third-order valence-electron chi connectivity index (χ3n) is 6.55. The van der Waals surface area contributed by atoms with E-state index < -0.39 is 34.7 Å². The first-order chi connectivity index (χ1) is 17.6. The number of hydrogen-bond acceptors (Lipinski definition) is 7. The topological polar surface area (TPSA) is 131 Å². The van der Waals surface area contributed by atoms with Crippen molar-refractivity contribution in [3.63, 3.8) is 0 Å². The fraction of sp³-hybridized carbons (Fsp3) is 0.444. The van der Waals surface area contributed by atoms with Crippen molar-refractivity contribution in [3.05, 3.63) is 65.2 Å². The van der Waals surface area contributed by atoms with Gasteiger partial charge in [0.25, 0.3) is 11.8 Å². The van der Waals surface area contributed by atoms with Crippen LogP contribution in [-0.4, -0.2) is 81.8 Å². The smallest absolute Gasteiger partial charge is 0.254 e. The lowest BCUT2D eigenvalue weighted by molar-refractivity contribution is -0.147. The molecule has 2 aromatic carbocycles. The van der Waals surface area contributed by atoms with Crippen molar-refractivity contribution < 1.29 is 24.6 Å². The van der Waals surface area contributed by atoms with Gasteiger partial charge >= 0.3 is 0 Å². The molecular weight excluding hydrogens is 492 g/mol. The molecule has 9 nitrogen and oxygen atoms in total. The van der Waals surface area contributed by atoms with Gasteiger partial charge in [0.2, 0.25) is 5.91 Å². The molecule has 0 aromatic heterocycles. The van der Waals surface area contributed by atoms with Crippen LogP contribution in [0.25, 0.3) is 0 Å². The number of amides is 3. The number of rotatable bonds is 10. The van der Waals surface area contributed by atoms with E-state index in [0.717, 1.165) is 5.56 Å². The van der Waals surface area contributed by atoms with Gasteiger partial charge in [-0.25, -0.2) is 0 Å². The first-order valence-corrected chi connectivity index (χ1v) is 13.2. The van der Waals surface area contributed by atoms with Crippen LogP contribution in [0.15, 0.2) is 48.5 Å². The fourth-order valence-corrected chi connectivity index (χ4v) is 5.53. The Morgan fingerprint density at radius 1 is 1.11 bits per heavy atom. The Morgan fingerprint density at radius 2 is 1.81 bits per heavy atom. The predicted molar refractivity (Wildman–Crippen MR) is 144 cm³/mol. The zero-order chi connectivity index (χ0) is 27.2. The molecule has 5 N–H and O–H groups in total. The minimum Gasteiger partial charge on any atom is -0.508 e. The number of thioether (sulfide) groups is 1. The van der Waals surface area contributed by atoms with Crippen molar-refractivity contribution in [2.24, 2.45) is 0 Å². The standard InChI is InChI=1S/C27H36N4O5S/c1-17-19(11-8-12-21(17)32)24(34)30-20(15-18-9-6-5-7-10-18)22(33)26(36)31-16-37-27(2,3)23(31)25(35)29-14-13-28-4/h5-12,20,22-23,28,32-33H,13-16H2,1-4H3,(H,29,35)(H,30,34)/t20-,22-,23+/m0/s1. The minimum absolute atomic E-state index is 0.0210. The molecule has 0 aliphatic carbocycles. The molecular formula is C27H36N4O5S. The molecule has 1 aliphatic heterocycles. The van der Waals surface area contributed by atoms with E-state index in [1.807, 2.05) is 44.2 Å². The molecule has 3 amide bonds. The maximum atomic E-state index is 13.6. The fourth-order valence-electron chi connectivity index (χ4n) is 4.39. The van der Waals surface area contributed by atoms with E-state index in [2.05, 4.69) is 16.0 Å². The summed E-state index contributed by atoms with van der Waals surface area (Å²) in [5, 5.41) is 29.9. The average molecular weight is 529 g/mol. The van der Waals surface area contributed by atoms with E-state index in [-0.39, 0.29) is 29.5 Å². The minimum atomic E-state index is -1.59. The summed E-state index contributed by atoms with van der Waals surface area (Å²) in [5.41, 5.74) is 1.47. The van der Waals surface area contributed by atoms with Crippen molar-refractivity contribution in [1.82, 2.24) is 20.9 Å². The maximum Gasteiger partial charge on any atom is 0.254 e. The van der Waals surface area contributed by atoms with Crippen LogP contribution in [0.3, 0.4) is 0 Å². The van der Waals surface area contributed by atoms with Gasteiger partial charge in [-0.2, -0.15) is 0 Å². The second-order valence-corrected chi connectivity index (χ2v) is 11.2. The molecule has 2 aromatic rings. The summed E-state index contributed by atoms with van der Waals surface area (Å²) in [6.07, 6.45) is -1.40. The maximum absolute atomic E-state index is 13.6. The molecule has 0 bridgehead atoms. The van der Waals surface area contributed by atoms with Gasteiger partial charge in [0.05, 0.1) is 11.9 Å². The number of likely N-dealkylation sites (N-methyl/N-ethyl adjacent to an activating group) is 1. The molecule has 1 aliphatic rings. The molecule has 3 rings (SSSR count). The van der Waals surface area contributed by atoms with Crippen LogP contribution in [0, 0.1) is 6.92 Å². The number of aliphatic hydroxyl groups is 1. The van der Waals surface area contributed by atoms with Crippen LogP contribution >= 0.6 is 11.8 Å². The highest BCUT2D eigenvalue weighted by atomic mass is 32.2. The van der Waals surface area contributed by atoms with E-state index >= 15 is 0 Å². The van der Waals surface area contributed by atoms with E-state index in [4.69, 9.17) is 0 Å². The third-order valence-corrected chi connectivity index (χ3v) is 7.92. The monoisotopic (exact) mass is 528 g/mol. The molecule has 37 heavy (non-hydrogen) atoms. The molecule has 0 saturated carbocycles. The Labute approximate surface area is 222 Å². The normalized spacial score (nSPS) is 18.2. The number of carbonyl (C=O) groups is 3. The van der Waals surface area contributed by atoms with Gasteiger partial charge in [0, 0.05) is 29.0 Å². The number of phenols is 1. The Bertz CT molecular complexity index is 1110. The van der Waals surface area contributed by atoms with Crippen molar-refractivity contribution in [3.8, 4) is 5.75 Å². The van der Waals surface area contributed by atoms with Crippen LogP contribution in [0.5, 0.6) is 5.75 Å². The molecule has 3 atom stereocenters. The van der Waals surface area contributed by atoms with E-state index in [0.29, 0.717) is 18.7 Å². The van der Waals surface area contributed by atoms with Crippen molar-refractivity contribution in [2.75, 3.05) is 26.0 Å². The number of carbonyl (C=O) groups excluding carboxylic acids is 3. The highest BCUT2D eigenvalue weighted by Gasteiger charge is 2.49. The number of phenolic OH excluding ortho intramolecular Hbond substituents is 1. The summed E-state index contributed by atoms with van der Waals surface area (Å²) in [6, 6.07) is 12.1. The highest BCUT2D eigenvalue weighted by molar-refractivity contribution is 8.00. The first-order valence-electron chi connectivity index (χ1n) is 12.2. The highest BCUT2D eigenvalue weighted by Crippen LogP contribution is 2.39. The zero-order valence-corrected chi connectivity index (χ0v) is 22.5. The quantitative estimate of drug-likeness (QED) is 0.295. The summed E-state index contributed by atoms with van der Waals surface area (Å²) in [5.74, 6) is -1.21. The van der Waals surface area contributed by atoms with E-state index in [9.17, 15) is 24.6 Å². The summed E-state index contributed by atoms with van der Waals surface area (Å²) >= 11 is 1.46. The van der Waals surface area contributed by atoms with Crippen molar-refractivity contribution in [2.45, 2.75) is 50.1 Å².